The summed E-state index contributed by atoms with van der Waals surface area (Å²) in [5.41, 5.74) is 8.64. The van der Waals surface area contributed by atoms with Crippen LogP contribution < -0.4 is 5.73 Å². The third kappa shape index (κ3) is 2.54. The first kappa shape index (κ1) is 13.5. The van der Waals surface area contributed by atoms with Crippen LogP contribution in [0, 0.1) is 0 Å². The molecule has 106 valence electrons. The first-order chi connectivity index (χ1) is 9.79. The minimum atomic E-state index is 0.195. The molecular formula is C16H21N3O. The van der Waals surface area contributed by atoms with Crippen LogP contribution in [0.4, 0.5) is 0 Å². The molecule has 1 aliphatic rings. The van der Waals surface area contributed by atoms with Crippen molar-refractivity contribution in [3.05, 3.63) is 42.1 Å². The van der Waals surface area contributed by atoms with Crippen LogP contribution in [-0.2, 0) is 4.74 Å². The summed E-state index contributed by atoms with van der Waals surface area (Å²) in [7, 11) is 1.74. The predicted octanol–water partition coefficient (Wildman–Crippen LogP) is 1.96. The predicted molar refractivity (Wildman–Crippen MR) is 80.5 cm³/mol. The van der Waals surface area contributed by atoms with Gasteiger partial charge in [-0.25, -0.2) is 0 Å². The van der Waals surface area contributed by atoms with E-state index in [-0.39, 0.29) is 12.1 Å². The number of methoxy groups -OCH3 is 1. The van der Waals surface area contributed by atoms with Gasteiger partial charge in [0.05, 0.1) is 18.2 Å². The van der Waals surface area contributed by atoms with Gasteiger partial charge in [-0.15, -0.1) is 0 Å². The summed E-state index contributed by atoms with van der Waals surface area (Å²) in [6.07, 6.45) is 2.87. The Balaban J connectivity index is 1.91. The van der Waals surface area contributed by atoms with Crippen molar-refractivity contribution in [3.63, 3.8) is 0 Å². The average Bonchev–Trinajstić information content (AvgIpc) is 2.85. The fourth-order valence-corrected chi connectivity index (χ4v) is 3.08. The zero-order valence-electron chi connectivity index (χ0n) is 11.8. The molecule has 1 saturated heterocycles. The Morgan fingerprint density at radius 2 is 2.30 bits per heavy atom. The van der Waals surface area contributed by atoms with E-state index in [1.54, 1.807) is 7.11 Å². The van der Waals surface area contributed by atoms with Crippen LogP contribution in [-0.4, -0.2) is 42.7 Å². The summed E-state index contributed by atoms with van der Waals surface area (Å²) in [6, 6.07) is 11.0. The van der Waals surface area contributed by atoms with Crippen LogP contribution in [0.1, 0.15) is 18.0 Å². The molecule has 0 amide bonds. The lowest BCUT2D eigenvalue weighted by atomic mass is 9.99. The van der Waals surface area contributed by atoms with E-state index in [1.807, 2.05) is 12.3 Å². The SMILES string of the molecule is COCCN1CCC(N)C1c1ccc2ncccc2c1. The Labute approximate surface area is 119 Å². The second-order valence-corrected chi connectivity index (χ2v) is 5.38. The summed E-state index contributed by atoms with van der Waals surface area (Å²) in [5.74, 6) is 0. The van der Waals surface area contributed by atoms with Crippen LogP contribution >= 0.6 is 0 Å². The molecule has 1 aromatic heterocycles. The molecule has 1 aromatic carbocycles. The number of pyridine rings is 1. The van der Waals surface area contributed by atoms with E-state index in [2.05, 4.69) is 34.1 Å². The first-order valence-corrected chi connectivity index (χ1v) is 7.13. The lowest BCUT2D eigenvalue weighted by molar-refractivity contribution is 0.139. The number of aromatic nitrogens is 1. The third-order valence-electron chi connectivity index (χ3n) is 4.10. The van der Waals surface area contributed by atoms with Crippen molar-refractivity contribution in [2.75, 3.05) is 26.8 Å². The molecule has 2 atom stereocenters. The molecule has 1 fully saturated rings. The van der Waals surface area contributed by atoms with Crippen LogP contribution in [0.15, 0.2) is 36.5 Å². The number of ether oxygens (including phenoxy) is 1. The van der Waals surface area contributed by atoms with E-state index >= 15 is 0 Å². The van der Waals surface area contributed by atoms with Gasteiger partial charge >= 0.3 is 0 Å². The van der Waals surface area contributed by atoms with Crippen molar-refractivity contribution >= 4 is 10.9 Å². The summed E-state index contributed by atoms with van der Waals surface area (Å²) in [4.78, 5) is 6.79. The topological polar surface area (TPSA) is 51.4 Å². The summed E-state index contributed by atoms with van der Waals surface area (Å²) < 4.78 is 5.20. The Hall–Kier alpha value is -1.49. The minimum Gasteiger partial charge on any atom is -0.383 e. The largest absolute Gasteiger partial charge is 0.383 e. The molecule has 3 rings (SSSR count). The van der Waals surface area contributed by atoms with Crippen molar-refractivity contribution in [2.45, 2.75) is 18.5 Å². The standard InChI is InChI=1S/C16H21N3O/c1-20-10-9-19-8-6-14(17)16(19)13-4-5-15-12(11-13)3-2-7-18-15/h2-5,7,11,14,16H,6,8-10,17H2,1H3. The number of benzene rings is 1. The fourth-order valence-electron chi connectivity index (χ4n) is 3.08. The lowest BCUT2D eigenvalue weighted by Gasteiger charge is -2.27. The highest BCUT2D eigenvalue weighted by Gasteiger charge is 2.32. The molecule has 1 aliphatic heterocycles. The van der Waals surface area contributed by atoms with Gasteiger partial charge in [0.1, 0.15) is 0 Å². The van der Waals surface area contributed by atoms with Gasteiger partial charge in [0.15, 0.2) is 0 Å². The number of fused-ring (bicyclic) bond motifs is 1. The van der Waals surface area contributed by atoms with Gasteiger partial charge < -0.3 is 10.5 Å². The molecule has 2 N–H and O–H groups in total. The molecule has 20 heavy (non-hydrogen) atoms. The van der Waals surface area contributed by atoms with Crippen molar-refractivity contribution in [2.24, 2.45) is 5.73 Å². The smallest absolute Gasteiger partial charge is 0.0702 e. The maximum atomic E-state index is 6.32. The van der Waals surface area contributed by atoms with Gasteiger partial charge in [0, 0.05) is 37.8 Å². The number of rotatable bonds is 4. The Morgan fingerprint density at radius 3 is 3.15 bits per heavy atom. The Morgan fingerprint density at radius 1 is 1.40 bits per heavy atom. The summed E-state index contributed by atoms with van der Waals surface area (Å²) in [5, 5.41) is 1.18. The number of hydrogen-bond donors (Lipinski definition) is 1. The highest BCUT2D eigenvalue weighted by molar-refractivity contribution is 5.79. The highest BCUT2D eigenvalue weighted by Crippen LogP contribution is 2.32. The van der Waals surface area contributed by atoms with E-state index in [1.165, 1.54) is 10.9 Å². The number of nitrogens with two attached hydrogens (primary N) is 1. The van der Waals surface area contributed by atoms with Gasteiger partial charge in [-0.2, -0.15) is 0 Å². The molecule has 4 nitrogen and oxygen atoms in total. The van der Waals surface area contributed by atoms with E-state index in [0.29, 0.717) is 0 Å². The second-order valence-electron chi connectivity index (χ2n) is 5.38. The quantitative estimate of drug-likeness (QED) is 0.923. The van der Waals surface area contributed by atoms with Crippen LogP contribution in [0.2, 0.25) is 0 Å². The monoisotopic (exact) mass is 271 g/mol. The van der Waals surface area contributed by atoms with E-state index in [0.717, 1.165) is 31.6 Å². The molecule has 0 aliphatic carbocycles. The molecule has 2 heterocycles. The number of likely N-dealkylation sites (tertiary alicyclic amines) is 1. The lowest BCUT2D eigenvalue weighted by Crippen LogP contribution is -2.33. The third-order valence-corrected chi connectivity index (χ3v) is 4.10. The fraction of sp³-hybridized carbons (Fsp3) is 0.438. The van der Waals surface area contributed by atoms with Gasteiger partial charge in [0.2, 0.25) is 0 Å². The molecule has 2 aromatic rings. The summed E-state index contributed by atoms with van der Waals surface area (Å²) >= 11 is 0. The van der Waals surface area contributed by atoms with Gasteiger partial charge in [-0.3, -0.25) is 9.88 Å². The normalized spacial score (nSPS) is 23.5. The minimum absolute atomic E-state index is 0.195. The molecule has 0 bridgehead atoms. The molecular weight excluding hydrogens is 250 g/mol. The average molecular weight is 271 g/mol. The Bertz CT molecular complexity index is 587. The van der Waals surface area contributed by atoms with Crippen molar-refractivity contribution in [3.8, 4) is 0 Å². The molecule has 2 unspecified atom stereocenters. The van der Waals surface area contributed by atoms with Crippen LogP contribution in [0.5, 0.6) is 0 Å². The molecule has 0 radical (unpaired) electrons. The van der Waals surface area contributed by atoms with E-state index in [9.17, 15) is 0 Å². The maximum Gasteiger partial charge on any atom is 0.0702 e. The maximum absolute atomic E-state index is 6.32. The van der Waals surface area contributed by atoms with Crippen molar-refractivity contribution in [1.29, 1.82) is 0 Å². The molecule has 0 spiro atoms. The second kappa shape index (κ2) is 5.87. The van der Waals surface area contributed by atoms with E-state index < -0.39 is 0 Å². The van der Waals surface area contributed by atoms with E-state index in [4.69, 9.17) is 10.5 Å². The molecule has 4 heteroatoms. The van der Waals surface area contributed by atoms with Crippen LogP contribution in [0.25, 0.3) is 10.9 Å². The number of nitrogens with zero attached hydrogens (tertiary/aromatic N) is 2. The zero-order chi connectivity index (χ0) is 13.9. The van der Waals surface area contributed by atoms with Gasteiger partial charge in [-0.05, 0) is 30.2 Å². The van der Waals surface area contributed by atoms with Gasteiger partial charge in [0.25, 0.3) is 0 Å². The zero-order valence-corrected chi connectivity index (χ0v) is 11.8. The molecule has 0 saturated carbocycles. The summed E-state index contributed by atoms with van der Waals surface area (Å²) in [6.45, 7) is 2.72. The Kier molecular flexibility index (Phi) is 3.96. The van der Waals surface area contributed by atoms with Crippen molar-refractivity contribution < 1.29 is 4.74 Å². The van der Waals surface area contributed by atoms with Crippen molar-refractivity contribution in [1.82, 2.24) is 9.88 Å². The number of hydrogen-bond acceptors (Lipinski definition) is 4. The first-order valence-electron chi connectivity index (χ1n) is 7.13. The highest BCUT2D eigenvalue weighted by atomic mass is 16.5. The van der Waals surface area contributed by atoms with Crippen LogP contribution in [0.3, 0.4) is 0 Å². The van der Waals surface area contributed by atoms with Gasteiger partial charge in [-0.1, -0.05) is 12.1 Å².